The Kier molecular flexibility index (Phi) is 4.53. The highest BCUT2D eigenvalue weighted by molar-refractivity contribution is 6.07. The van der Waals surface area contributed by atoms with Crippen LogP contribution in [0.3, 0.4) is 0 Å². The molecule has 0 radical (unpaired) electrons. The summed E-state index contributed by atoms with van der Waals surface area (Å²) in [6.45, 7) is 5.27. The molecule has 0 spiro atoms. The predicted octanol–water partition coefficient (Wildman–Crippen LogP) is 2.96. The fourth-order valence-corrected chi connectivity index (χ4v) is 3.44. The van der Waals surface area contributed by atoms with Gasteiger partial charge in [0.25, 0.3) is 0 Å². The van der Waals surface area contributed by atoms with Gasteiger partial charge in [-0.15, -0.1) is 0 Å². The van der Waals surface area contributed by atoms with E-state index in [0.717, 1.165) is 38.4 Å². The first-order valence-electron chi connectivity index (χ1n) is 8.77. The van der Waals surface area contributed by atoms with Crippen molar-refractivity contribution in [1.82, 2.24) is 9.80 Å². The van der Waals surface area contributed by atoms with Crippen molar-refractivity contribution in [1.29, 1.82) is 0 Å². The maximum atomic E-state index is 12.5. The van der Waals surface area contributed by atoms with Crippen LogP contribution >= 0.6 is 0 Å². The number of carbonyl (C=O) groups excluding carboxylic acids is 1. The fraction of sp³-hybridized carbons (Fsp3) is 0.286. The van der Waals surface area contributed by atoms with Crippen molar-refractivity contribution in [3.63, 3.8) is 0 Å². The predicted molar refractivity (Wildman–Crippen MR) is 97.6 cm³/mol. The number of fused-ring (bicyclic) bond motifs is 1. The highest BCUT2D eigenvalue weighted by Gasteiger charge is 2.23. The molecular formula is C21H22N2O2. The third kappa shape index (κ3) is 3.59. The van der Waals surface area contributed by atoms with E-state index in [0.29, 0.717) is 17.9 Å². The van der Waals surface area contributed by atoms with E-state index in [9.17, 15) is 4.79 Å². The number of hydrogen-bond donors (Lipinski definition) is 0. The molecular weight excluding hydrogens is 312 g/mol. The lowest BCUT2D eigenvalue weighted by molar-refractivity contribution is 0.104. The number of para-hydroxylation sites is 1. The standard InChI is InChI=1S/C21H22N2O2/c24-20-14-18(16-25-21-9-5-4-8-19(20)21)23-12-10-22(11-13-23)15-17-6-2-1-3-7-17/h1-9,14H,10-13,15-16H2. The highest BCUT2D eigenvalue weighted by Crippen LogP contribution is 2.24. The summed E-state index contributed by atoms with van der Waals surface area (Å²) in [7, 11) is 0. The van der Waals surface area contributed by atoms with Gasteiger partial charge in [-0.2, -0.15) is 0 Å². The maximum absolute atomic E-state index is 12.5. The van der Waals surface area contributed by atoms with Gasteiger partial charge in [-0.3, -0.25) is 9.69 Å². The van der Waals surface area contributed by atoms with Gasteiger partial charge in [0, 0.05) is 38.8 Å². The number of allylic oxidation sites excluding steroid dienone is 1. The minimum atomic E-state index is 0.0369. The second-order valence-corrected chi connectivity index (χ2v) is 6.53. The molecule has 2 aromatic rings. The number of piperazine rings is 1. The van der Waals surface area contributed by atoms with Crippen LogP contribution in [0.1, 0.15) is 15.9 Å². The van der Waals surface area contributed by atoms with Crippen LogP contribution in [-0.2, 0) is 6.54 Å². The van der Waals surface area contributed by atoms with E-state index in [-0.39, 0.29) is 5.78 Å². The van der Waals surface area contributed by atoms with E-state index in [4.69, 9.17) is 4.74 Å². The maximum Gasteiger partial charge on any atom is 0.191 e. The highest BCUT2D eigenvalue weighted by atomic mass is 16.5. The summed E-state index contributed by atoms with van der Waals surface area (Å²) in [5.74, 6) is 0.719. The number of ether oxygens (including phenoxy) is 1. The molecule has 2 aromatic carbocycles. The van der Waals surface area contributed by atoms with Crippen LogP contribution in [0.15, 0.2) is 66.4 Å². The van der Waals surface area contributed by atoms with Gasteiger partial charge in [0.2, 0.25) is 0 Å². The van der Waals surface area contributed by atoms with Crippen molar-refractivity contribution < 1.29 is 9.53 Å². The van der Waals surface area contributed by atoms with Gasteiger partial charge in [-0.1, -0.05) is 42.5 Å². The van der Waals surface area contributed by atoms with Gasteiger partial charge in [-0.05, 0) is 17.7 Å². The van der Waals surface area contributed by atoms with E-state index in [1.807, 2.05) is 24.3 Å². The second kappa shape index (κ2) is 7.11. The van der Waals surface area contributed by atoms with Crippen LogP contribution in [0, 0.1) is 0 Å². The number of hydrogen-bond acceptors (Lipinski definition) is 4. The lowest BCUT2D eigenvalue weighted by atomic mass is 10.1. The molecule has 0 unspecified atom stereocenters. The summed E-state index contributed by atoms with van der Waals surface area (Å²) in [5, 5.41) is 0. The molecule has 1 fully saturated rings. The van der Waals surface area contributed by atoms with Gasteiger partial charge in [0.15, 0.2) is 5.78 Å². The summed E-state index contributed by atoms with van der Waals surface area (Å²) in [4.78, 5) is 17.2. The molecule has 0 bridgehead atoms. The van der Waals surface area contributed by atoms with Crippen molar-refractivity contribution >= 4 is 5.78 Å². The summed E-state index contributed by atoms with van der Waals surface area (Å²) >= 11 is 0. The molecule has 2 aliphatic rings. The molecule has 1 saturated heterocycles. The van der Waals surface area contributed by atoms with Crippen molar-refractivity contribution in [2.45, 2.75) is 6.54 Å². The quantitative estimate of drug-likeness (QED) is 0.864. The monoisotopic (exact) mass is 334 g/mol. The first-order valence-corrected chi connectivity index (χ1v) is 8.77. The lowest BCUT2D eigenvalue weighted by Gasteiger charge is -2.37. The summed E-state index contributed by atoms with van der Waals surface area (Å²) in [6.07, 6.45) is 1.75. The number of benzene rings is 2. The Morgan fingerprint density at radius 3 is 2.40 bits per heavy atom. The van der Waals surface area contributed by atoms with Crippen LogP contribution in [0.4, 0.5) is 0 Å². The van der Waals surface area contributed by atoms with Gasteiger partial charge in [0.1, 0.15) is 12.4 Å². The zero-order valence-electron chi connectivity index (χ0n) is 14.2. The van der Waals surface area contributed by atoms with Gasteiger partial charge in [0.05, 0.1) is 11.3 Å². The molecule has 4 nitrogen and oxygen atoms in total. The topological polar surface area (TPSA) is 32.8 Å². The molecule has 0 saturated carbocycles. The van der Waals surface area contributed by atoms with Crippen molar-refractivity contribution in [3.05, 3.63) is 77.5 Å². The number of ketones is 1. The number of rotatable bonds is 3. The molecule has 0 atom stereocenters. The average molecular weight is 334 g/mol. The average Bonchev–Trinajstić information content (AvgIpc) is 2.83. The van der Waals surface area contributed by atoms with E-state index < -0.39 is 0 Å². The first-order chi connectivity index (χ1) is 12.3. The van der Waals surface area contributed by atoms with Gasteiger partial charge < -0.3 is 9.64 Å². The molecule has 4 heteroatoms. The molecule has 128 valence electrons. The third-order valence-electron chi connectivity index (χ3n) is 4.85. The minimum absolute atomic E-state index is 0.0369. The first kappa shape index (κ1) is 15.9. The Balaban J connectivity index is 1.39. The smallest absolute Gasteiger partial charge is 0.191 e. The minimum Gasteiger partial charge on any atom is -0.487 e. The van der Waals surface area contributed by atoms with Crippen LogP contribution in [0.2, 0.25) is 0 Å². The Morgan fingerprint density at radius 1 is 0.880 bits per heavy atom. The molecule has 0 amide bonds. The van der Waals surface area contributed by atoms with Gasteiger partial charge in [-0.25, -0.2) is 0 Å². The molecule has 25 heavy (non-hydrogen) atoms. The van der Waals surface area contributed by atoms with E-state index >= 15 is 0 Å². The zero-order chi connectivity index (χ0) is 17.1. The Morgan fingerprint density at radius 2 is 1.60 bits per heavy atom. The van der Waals surface area contributed by atoms with Crippen LogP contribution in [0.5, 0.6) is 5.75 Å². The summed E-state index contributed by atoms with van der Waals surface area (Å²) < 4.78 is 5.86. The molecule has 4 rings (SSSR count). The zero-order valence-corrected chi connectivity index (χ0v) is 14.2. The molecule has 0 aromatic heterocycles. The second-order valence-electron chi connectivity index (χ2n) is 6.53. The third-order valence-corrected chi connectivity index (χ3v) is 4.85. The van der Waals surface area contributed by atoms with Gasteiger partial charge >= 0.3 is 0 Å². The summed E-state index contributed by atoms with van der Waals surface area (Å²) in [6, 6.07) is 18.0. The molecule has 2 heterocycles. The van der Waals surface area contributed by atoms with E-state index in [1.54, 1.807) is 6.08 Å². The van der Waals surface area contributed by atoms with E-state index in [1.165, 1.54) is 5.56 Å². The van der Waals surface area contributed by atoms with Crippen molar-refractivity contribution in [2.75, 3.05) is 32.8 Å². The Labute approximate surface area is 148 Å². The van der Waals surface area contributed by atoms with Crippen LogP contribution in [0.25, 0.3) is 0 Å². The SMILES string of the molecule is O=C1C=C(N2CCN(Cc3ccccc3)CC2)COc2ccccc21. The van der Waals surface area contributed by atoms with E-state index in [2.05, 4.69) is 40.1 Å². The Bertz CT molecular complexity index is 777. The molecule has 0 N–H and O–H groups in total. The Hall–Kier alpha value is -2.59. The van der Waals surface area contributed by atoms with Crippen LogP contribution < -0.4 is 4.74 Å². The molecule has 2 aliphatic heterocycles. The molecule has 0 aliphatic carbocycles. The largest absolute Gasteiger partial charge is 0.487 e. The summed E-state index contributed by atoms with van der Waals surface area (Å²) in [5.41, 5.74) is 2.99. The van der Waals surface area contributed by atoms with Crippen molar-refractivity contribution in [3.8, 4) is 5.75 Å². The fourth-order valence-electron chi connectivity index (χ4n) is 3.44. The number of nitrogens with zero attached hydrogens (tertiary/aromatic N) is 2. The lowest BCUT2D eigenvalue weighted by Crippen LogP contribution is -2.46. The number of carbonyl (C=O) groups is 1. The normalized spacial score (nSPS) is 18.2. The van der Waals surface area contributed by atoms with Crippen LogP contribution in [-0.4, -0.2) is 48.4 Å². The van der Waals surface area contributed by atoms with Crippen molar-refractivity contribution in [2.24, 2.45) is 0 Å².